The zero-order valence-corrected chi connectivity index (χ0v) is 13.8. The summed E-state index contributed by atoms with van der Waals surface area (Å²) in [5.41, 5.74) is 2.46. The average molecular weight is 315 g/mol. The highest BCUT2D eigenvalue weighted by Crippen LogP contribution is 2.37. The minimum Gasteiger partial charge on any atom is -0.381 e. The van der Waals surface area contributed by atoms with Gasteiger partial charge in [-0.25, -0.2) is 4.98 Å². The molecule has 2 aliphatic heterocycles. The first-order valence-electron chi connectivity index (χ1n) is 8.82. The van der Waals surface area contributed by atoms with Gasteiger partial charge in [-0.05, 0) is 57.3 Å². The molecule has 2 atom stereocenters. The summed E-state index contributed by atoms with van der Waals surface area (Å²) < 4.78 is 5.58. The Bertz CT molecular complexity index is 594. The van der Waals surface area contributed by atoms with E-state index in [1.807, 2.05) is 6.07 Å². The van der Waals surface area contributed by atoms with Gasteiger partial charge in [0, 0.05) is 18.4 Å². The molecule has 5 nitrogen and oxygen atoms in total. The lowest BCUT2D eigenvalue weighted by Gasteiger charge is -2.24. The van der Waals surface area contributed by atoms with Gasteiger partial charge >= 0.3 is 0 Å². The van der Waals surface area contributed by atoms with Crippen LogP contribution >= 0.6 is 0 Å². The van der Waals surface area contributed by atoms with E-state index < -0.39 is 0 Å². The van der Waals surface area contributed by atoms with Crippen molar-refractivity contribution in [2.45, 2.75) is 44.1 Å². The number of amides is 1. The van der Waals surface area contributed by atoms with E-state index in [0.717, 1.165) is 51.1 Å². The van der Waals surface area contributed by atoms with Gasteiger partial charge in [0.15, 0.2) is 0 Å². The first-order valence-corrected chi connectivity index (χ1v) is 8.82. The lowest BCUT2D eigenvalue weighted by atomic mass is 9.93. The van der Waals surface area contributed by atoms with Gasteiger partial charge < -0.3 is 10.1 Å². The Labute approximate surface area is 137 Å². The third kappa shape index (κ3) is 3.12. The molecule has 23 heavy (non-hydrogen) atoms. The van der Waals surface area contributed by atoms with Crippen LogP contribution in [0, 0.1) is 5.92 Å². The largest absolute Gasteiger partial charge is 0.381 e. The van der Waals surface area contributed by atoms with Crippen molar-refractivity contribution in [2.75, 3.05) is 32.1 Å². The fourth-order valence-electron chi connectivity index (χ4n) is 3.78. The van der Waals surface area contributed by atoms with Gasteiger partial charge in [-0.3, -0.25) is 9.69 Å². The molecule has 5 heteroatoms. The van der Waals surface area contributed by atoms with Crippen LogP contribution in [0.15, 0.2) is 12.1 Å². The van der Waals surface area contributed by atoms with Crippen molar-refractivity contribution in [3.63, 3.8) is 0 Å². The molecule has 0 aromatic carbocycles. The van der Waals surface area contributed by atoms with Crippen LogP contribution in [0.4, 0.5) is 5.82 Å². The van der Waals surface area contributed by atoms with Crippen molar-refractivity contribution < 1.29 is 9.53 Å². The normalized spacial score (nSPS) is 28.2. The lowest BCUT2D eigenvalue weighted by molar-refractivity contribution is -0.117. The second-order valence-electron chi connectivity index (χ2n) is 7.13. The standard InChI is InChI=1S/C18H25N3O2/c1-21-9-2-3-15(21)17-14(13-8-10-23-11-13)6-7-16(19-17)20-18(22)12-4-5-12/h6-7,12-13,15H,2-5,8-11H2,1H3,(H,19,20,22). The predicted molar refractivity (Wildman–Crippen MR) is 88.4 cm³/mol. The first kappa shape index (κ1) is 15.1. The second-order valence-corrected chi connectivity index (χ2v) is 7.13. The van der Waals surface area contributed by atoms with E-state index in [9.17, 15) is 4.79 Å². The number of carbonyl (C=O) groups excluding carboxylic acids is 1. The van der Waals surface area contributed by atoms with E-state index in [0.29, 0.717) is 17.8 Å². The summed E-state index contributed by atoms with van der Waals surface area (Å²) in [6.45, 7) is 2.75. The number of likely N-dealkylation sites (tertiary alicyclic amines) is 1. The summed E-state index contributed by atoms with van der Waals surface area (Å²) in [5, 5.41) is 3.00. The van der Waals surface area contributed by atoms with Crippen molar-refractivity contribution in [1.82, 2.24) is 9.88 Å². The maximum absolute atomic E-state index is 12.0. The number of ether oxygens (including phenoxy) is 1. The monoisotopic (exact) mass is 315 g/mol. The highest BCUT2D eigenvalue weighted by Gasteiger charge is 2.32. The highest BCUT2D eigenvalue weighted by molar-refractivity contribution is 5.93. The summed E-state index contributed by atoms with van der Waals surface area (Å²) in [4.78, 5) is 19.3. The number of nitrogens with zero attached hydrogens (tertiary/aromatic N) is 2. The van der Waals surface area contributed by atoms with E-state index in [1.165, 1.54) is 12.0 Å². The van der Waals surface area contributed by atoms with Crippen molar-refractivity contribution in [3.05, 3.63) is 23.4 Å². The number of nitrogens with one attached hydrogen (secondary N) is 1. The van der Waals surface area contributed by atoms with Gasteiger partial charge in [0.05, 0.1) is 18.3 Å². The van der Waals surface area contributed by atoms with Gasteiger partial charge in [0.1, 0.15) is 5.82 Å². The van der Waals surface area contributed by atoms with Crippen LogP contribution in [0.2, 0.25) is 0 Å². The van der Waals surface area contributed by atoms with E-state index in [2.05, 4.69) is 23.3 Å². The number of rotatable bonds is 4. The van der Waals surface area contributed by atoms with Crippen LogP contribution in [0.1, 0.15) is 55.3 Å². The average Bonchev–Trinajstić information content (AvgIpc) is 3.09. The molecule has 2 unspecified atom stereocenters. The number of hydrogen-bond acceptors (Lipinski definition) is 4. The third-order valence-corrected chi connectivity index (χ3v) is 5.36. The highest BCUT2D eigenvalue weighted by atomic mass is 16.5. The molecular weight excluding hydrogens is 290 g/mol. The summed E-state index contributed by atoms with van der Waals surface area (Å²) in [5.74, 6) is 1.48. The Hall–Kier alpha value is -1.46. The van der Waals surface area contributed by atoms with Crippen molar-refractivity contribution >= 4 is 11.7 Å². The van der Waals surface area contributed by atoms with Gasteiger partial charge in [-0.1, -0.05) is 6.07 Å². The van der Waals surface area contributed by atoms with Crippen LogP contribution in [0.5, 0.6) is 0 Å². The molecule has 1 aliphatic carbocycles. The molecule has 1 N–H and O–H groups in total. The maximum Gasteiger partial charge on any atom is 0.228 e. The van der Waals surface area contributed by atoms with E-state index >= 15 is 0 Å². The fraction of sp³-hybridized carbons (Fsp3) is 0.667. The molecular formula is C18H25N3O2. The third-order valence-electron chi connectivity index (χ3n) is 5.36. The van der Waals surface area contributed by atoms with Crippen LogP contribution < -0.4 is 5.32 Å². The van der Waals surface area contributed by atoms with E-state index in [-0.39, 0.29) is 11.8 Å². The molecule has 0 radical (unpaired) electrons. The number of pyridine rings is 1. The molecule has 4 rings (SSSR count). The minimum atomic E-state index is 0.125. The zero-order valence-electron chi connectivity index (χ0n) is 13.8. The Morgan fingerprint density at radius 1 is 1.30 bits per heavy atom. The van der Waals surface area contributed by atoms with Crippen molar-refractivity contribution in [3.8, 4) is 0 Å². The van der Waals surface area contributed by atoms with Crippen LogP contribution in [-0.4, -0.2) is 42.6 Å². The first-order chi connectivity index (χ1) is 11.2. The maximum atomic E-state index is 12.0. The summed E-state index contributed by atoms with van der Waals surface area (Å²) in [7, 11) is 2.17. The Morgan fingerprint density at radius 2 is 2.17 bits per heavy atom. The van der Waals surface area contributed by atoms with E-state index in [1.54, 1.807) is 0 Å². The van der Waals surface area contributed by atoms with Gasteiger partial charge in [-0.15, -0.1) is 0 Å². The molecule has 1 aromatic rings. The zero-order chi connectivity index (χ0) is 15.8. The fourth-order valence-corrected chi connectivity index (χ4v) is 3.78. The molecule has 3 aliphatic rings. The molecule has 3 heterocycles. The van der Waals surface area contributed by atoms with Crippen LogP contribution in [0.25, 0.3) is 0 Å². The molecule has 0 bridgehead atoms. The molecule has 1 saturated carbocycles. The van der Waals surface area contributed by atoms with Crippen molar-refractivity contribution in [2.24, 2.45) is 5.92 Å². The quantitative estimate of drug-likeness (QED) is 0.928. The van der Waals surface area contributed by atoms with Crippen LogP contribution in [-0.2, 0) is 9.53 Å². The van der Waals surface area contributed by atoms with Crippen molar-refractivity contribution in [1.29, 1.82) is 0 Å². The number of hydrogen-bond donors (Lipinski definition) is 1. The van der Waals surface area contributed by atoms with E-state index in [4.69, 9.17) is 9.72 Å². The van der Waals surface area contributed by atoms with Crippen LogP contribution in [0.3, 0.4) is 0 Å². The Kier molecular flexibility index (Phi) is 4.07. The second kappa shape index (κ2) is 6.21. The summed E-state index contributed by atoms with van der Waals surface area (Å²) in [6.07, 6.45) is 5.45. The Balaban J connectivity index is 1.63. The molecule has 3 fully saturated rings. The summed E-state index contributed by atoms with van der Waals surface area (Å²) in [6, 6.07) is 4.49. The predicted octanol–water partition coefficient (Wildman–Crippen LogP) is 2.70. The minimum absolute atomic E-state index is 0.125. The molecule has 1 amide bonds. The molecule has 1 aromatic heterocycles. The Morgan fingerprint density at radius 3 is 2.83 bits per heavy atom. The molecule has 0 spiro atoms. The molecule has 124 valence electrons. The van der Waals surface area contributed by atoms with Gasteiger partial charge in [-0.2, -0.15) is 0 Å². The SMILES string of the molecule is CN1CCCC1c1nc(NC(=O)C2CC2)ccc1C1CCOC1. The topological polar surface area (TPSA) is 54.5 Å². The van der Waals surface area contributed by atoms with Gasteiger partial charge in [0.25, 0.3) is 0 Å². The smallest absolute Gasteiger partial charge is 0.228 e. The number of anilines is 1. The summed E-state index contributed by atoms with van der Waals surface area (Å²) >= 11 is 0. The molecule has 2 saturated heterocycles. The number of carbonyl (C=O) groups is 1. The number of aromatic nitrogens is 1. The van der Waals surface area contributed by atoms with Gasteiger partial charge in [0.2, 0.25) is 5.91 Å². The lowest BCUT2D eigenvalue weighted by Crippen LogP contribution is -2.22.